The Morgan fingerprint density at radius 1 is 1.02 bits per heavy atom. The van der Waals surface area contributed by atoms with Crippen LogP contribution >= 0.6 is 7.82 Å². The van der Waals surface area contributed by atoms with Gasteiger partial charge in [0.2, 0.25) is 11.8 Å². The van der Waals surface area contributed by atoms with Crippen LogP contribution in [0.3, 0.4) is 0 Å². The van der Waals surface area contributed by atoms with Crippen molar-refractivity contribution < 1.29 is 32.8 Å². The number of benzene rings is 1. The average molecular weight is 610 g/mol. The molecule has 1 amide bonds. The summed E-state index contributed by atoms with van der Waals surface area (Å²) >= 11 is 0. The zero-order chi connectivity index (χ0) is 31.1. The molecule has 3 aromatic heterocycles. The highest BCUT2D eigenvalue weighted by atomic mass is 31.2. The van der Waals surface area contributed by atoms with Crippen molar-refractivity contribution in [1.82, 2.24) is 19.4 Å². The molecule has 1 N–H and O–H groups in total. The molecule has 12 nitrogen and oxygen atoms in total. The van der Waals surface area contributed by atoms with Crippen LogP contribution in [0.15, 0.2) is 67.1 Å². The minimum atomic E-state index is -4.25. The Morgan fingerprint density at radius 3 is 2.51 bits per heavy atom. The van der Waals surface area contributed by atoms with Crippen LogP contribution in [-0.4, -0.2) is 78.7 Å². The van der Waals surface area contributed by atoms with Gasteiger partial charge >= 0.3 is 7.82 Å². The maximum absolute atomic E-state index is 12.9. The number of carbonyl (C=O) groups excluding carboxylic acids is 1. The predicted molar refractivity (Wildman–Crippen MR) is 165 cm³/mol. The summed E-state index contributed by atoms with van der Waals surface area (Å²) in [6, 6.07) is 11.1. The highest BCUT2D eigenvalue weighted by molar-refractivity contribution is 7.47. The molecule has 0 saturated heterocycles. The average Bonchev–Trinajstić information content (AvgIpc) is 3.37. The van der Waals surface area contributed by atoms with Crippen molar-refractivity contribution >= 4 is 30.5 Å². The predicted octanol–water partition coefficient (Wildman–Crippen LogP) is 4.97. The molecule has 0 bridgehead atoms. The first-order chi connectivity index (χ1) is 20.5. The maximum atomic E-state index is 12.9. The van der Waals surface area contributed by atoms with Crippen molar-refractivity contribution in [1.29, 1.82) is 0 Å². The highest BCUT2D eigenvalue weighted by Gasteiger charge is 2.22. The number of methoxy groups -OCH3 is 2. The van der Waals surface area contributed by atoms with Gasteiger partial charge in [-0.1, -0.05) is 6.08 Å². The first-order valence-corrected chi connectivity index (χ1v) is 14.9. The summed E-state index contributed by atoms with van der Waals surface area (Å²) in [6.45, 7) is 2.01. The summed E-state index contributed by atoms with van der Waals surface area (Å²) < 4.78 is 34.8. The van der Waals surface area contributed by atoms with Gasteiger partial charge in [-0.2, -0.15) is 0 Å². The fourth-order valence-electron chi connectivity index (χ4n) is 4.35. The van der Waals surface area contributed by atoms with E-state index in [0.29, 0.717) is 29.5 Å². The summed E-state index contributed by atoms with van der Waals surface area (Å²) in [5, 5.41) is 0.749. The number of likely N-dealkylation sites (N-methyl/N-ethyl adjacent to an activating group) is 2. The molecule has 0 aliphatic heterocycles. The van der Waals surface area contributed by atoms with Crippen LogP contribution in [0.4, 0.5) is 5.69 Å². The molecule has 4 aromatic rings. The lowest BCUT2D eigenvalue weighted by molar-refractivity contribution is -0.113. The Morgan fingerprint density at radius 2 is 1.81 bits per heavy atom. The number of phosphoric ester groups is 1. The molecule has 3 heterocycles. The molecule has 1 atom stereocenters. The Labute approximate surface area is 250 Å². The normalized spacial score (nSPS) is 13.0. The lowest BCUT2D eigenvalue weighted by Gasteiger charge is -2.18. The van der Waals surface area contributed by atoms with Crippen LogP contribution in [0, 0.1) is 0 Å². The van der Waals surface area contributed by atoms with E-state index >= 15 is 0 Å². The van der Waals surface area contributed by atoms with Gasteiger partial charge in [0.05, 0.1) is 20.8 Å². The standard InChI is InChI=1S/C30H36N5O7P/c1-7-41-43(37,38)42-20-35-19-27(21-10-11-31-28(16-21)40-6)26-15-23(18-32-30(26)35)22-13-24(17-25(14-22)39-5)34(4)29(36)9-8-12-33(2)3/h8-11,13-19H,7,12,20H2,1-6H3,(H,37,38). The number of nitrogens with zero attached hydrogens (tertiary/aromatic N) is 5. The zero-order valence-corrected chi connectivity index (χ0v) is 25.9. The number of ether oxygens (including phenoxy) is 2. The van der Waals surface area contributed by atoms with E-state index in [2.05, 4.69) is 4.98 Å². The van der Waals surface area contributed by atoms with E-state index in [4.69, 9.17) is 23.5 Å². The second-order valence-electron chi connectivity index (χ2n) is 9.82. The van der Waals surface area contributed by atoms with E-state index < -0.39 is 7.82 Å². The van der Waals surface area contributed by atoms with Gasteiger partial charge in [0.15, 0.2) is 0 Å². The number of fused-ring (bicyclic) bond motifs is 1. The molecule has 1 aromatic carbocycles. The highest BCUT2D eigenvalue weighted by Crippen LogP contribution is 2.44. The molecular formula is C30H36N5O7P. The summed E-state index contributed by atoms with van der Waals surface area (Å²) in [5.74, 6) is 0.831. The van der Waals surface area contributed by atoms with Gasteiger partial charge < -0.3 is 28.7 Å². The van der Waals surface area contributed by atoms with Crippen LogP contribution in [0.2, 0.25) is 0 Å². The van der Waals surface area contributed by atoms with E-state index in [-0.39, 0.29) is 19.2 Å². The summed E-state index contributed by atoms with van der Waals surface area (Å²) in [5.41, 5.74) is 4.28. The number of rotatable bonds is 13. The Kier molecular flexibility index (Phi) is 10.3. The molecule has 228 valence electrons. The molecule has 13 heteroatoms. The number of anilines is 1. The lowest BCUT2D eigenvalue weighted by atomic mass is 10.0. The van der Waals surface area contributed by atoms with Gasteiger partial charge in [0, 0.05) is 72.6 Å². The fraction of sp³-hybridized carbons (Fsp3) is 0.300. The van der Waals surface area contributed by atoms with E-state index in [1.54, 1.807) is 67.3 Å². The molecule has 43 heavy (non-hydrogen) atoms. The first-order valence-electron chi connectivity index (χ1n) is 13.4. The van der Waals surface area contributed by atoms with Crippen molar-refractivity contribution in [3.63, 3.8) is 0 Å². The van der Waals surface area contributed by atoms with Gasteiger partial charge in [0.25, 0.3) is 0 Å². The van der Waals surface area contributed by atoms with Crippen LogP contribution < -0.4 is 14.4 Å². The van der Waals surface area contributed by atoms with E-state index in [1.807, 2.05) is 49.3 Å². The second kappa shape index (κ2) is 13.9. The molecule has 0 radical (unpaired) electrons. The molecule has 0 fully saturated rings. The van der Waals surface area contributed by atoms with Crippen LogP contribution in [-0.2, 0) is 25.1 Å². The minimum absolute atomic E-state index is 0.0273. The second-order valence-corrected chi connectivity index (χ2v) is 11.3. The SMILES string of the molecule is CCOP(=O)(O)OCn1cc(-c2ccnc(OC)c2)c2cc(-c3cc(OC)cc(N(C)C(=O)C=CCN(C)C)c3)cnc21. The van der Waals surface area contributed by atoms with Gasteiger partial charge in [-0.05, 0) is 56.4 Å². The number of pyridine rings is 2. The van der Waals surface area contributed by atoms with E-state index in [0.717, 1.165) is 27.6 Å². The summed E-state index contributed by atoms with van der Waals surface area (Å²) in [4.78, 5) is 35.3. The Hall–Kier alpha value is -4.06. The molecule has 0 aliphatic carbocycles. The van der Waals surface area contributed by atoms with Crippen molar-refractivity contribution in [2.24, 2.45) is 0 Å². The summed E-state index contributed by atoms with van der Waals surface area (Å²) in [6.07, 6.45) is 8.46. The number of hydrogen-bond acceptors (Lipinski definition) is 9. The van der Waals surface area contributed by atoms with Gasteiger partial charge in [-0.3, -0.25) is 13.8 Å². The first kappa shape index (κ1) is 31.9. The number of carbonyl (C=O) groups is 1. The van der Waals surface area contributed by atoms with Gasteiger partial charge in [0.1, 0.15) is 18.1 Å². The van der Waals surface area contributed by atoms with E-state index in [1.165, 1.54) is 7.11 Å². The van der Waals surface area contributed by atoms with Crippen molar-refractivity contribution in [3.05, 3.63) is 67.1 Å². The largest absolute Gasteiger partial charge is 0.497 e. The number of phosphoric acid groups is 1. The third-order valence-electron chi connectivity index (χ3n) is 6.53. The van der Waals surface area contributed by atoms with E-state index in [9.17, 15) is 14.3 Å². The lowest BCUT2D eigenvalue weighted by Crippen LogP contribution is -2.24. The third kappa shape index (κ3) is 7.86. The van der Waals surface area contributed by atoms with Gasteiger partial charge in [-0.15, -0.1) is 0 Å². The molecular weight excluding hydrogens is 573 g/mol. The van der Waals surface area contributed by atoms with Crippen LogP contribution in [0.25, 0.3) is 33.3 Å². The topological polar surface area (TPSA) is 128 Å². The van der Waals surface area contributed by atoms with Crippen molar-refractivity contribution in [3.8, 4) is 33.9 Å². The Bertz CT molecular complexity index is 1670. The fourth-order valence-corrected chi connectivity index (χ4v) is 5.02. The molecule has 1 unspecified atom stereocenters. The third-order valence-corrected chi connectivity index (χ3v) is 7.56. The molecule has 0 saturated carbocycles. The molecule has 0 aliphatic rings. The smallest absolute Gasteiger partial charge is 0.473 e. The van der Waals surface area contributed by atoms with Gasteiger partial charge in [-0.25, -0.2) is 14.5 Å². The summed E-state index contributed by atoms with van der Waals surface area (Å²) in [7, 11) is 4.43. The van der Waals surface area contributed by atoms with Crippen LogP contribution in [0.5, 0.6) is 11.6 Å². The number of hydrogen-bond donors (Lipinski definition) is 1. The van der Waals surface area contributed by atoms with Crippen molar-refractivity contribution in [2.45, 2.75) is 13.7 Å². The molecule has 4 rings (SSSR count). The zero-order valence-electron chi connectivity index (χ0n) is 25.1. The maximum Gasteiger partial charge on any atom is 0.473 e. The van der Waals surface area contributed by atoms with Crippen molar-refractivity contribution in [2.75, 3.05) is 53.4 Å². The number of aromatic nitrogens is 3. The Balaban J connectivity index is 1.79. The molecule has 0 spiro atoms. The van der Waals surface area contributed by atoms with Crippen LogP contribution in [0.1, 0.15) is 6.92 Å². The minimum Gasteiger partial charge on any atom is -0.497 e. The number of amides is 1. The quantitative estimate of drug-likeness (QED) is 0.164. The monoisotopic (exact) mass is 609 g/mol.